The number of nitrogens with two attached hydrogens (primary N) is 1. The molecule has 0 atom stereocenters. The SMILES string of the molecule is NC(=O)c1cccc(NCc2ccccn2)c1. The van der Waals surface area contributed by atoms with Gasteiger partial charge in [0, 0.05) is 17.4 Å². The second-order valence-corrected chi connectivity index (χ2v) is 3.62. The molecule has 0 fully saturated rings. The number of benzene rings is 1. The zero-order chi connectivity index (χ0) is 12.1. The lowest BCUT2D eigenvalue weighted by Gasteiger charge is -2.06. The summed E-state index contributed by atoms with van der Waals surface area (Å²) in [5, 5.41) is 3.19. The number of carbonyl (C=O) groups excluding carboxylic acids is 1. The fraction of sp³-hybridized carbons (Fsp3) is 0.0769. The van der Waals surface area contributed by atoms with Gasteiger partial charge in [-0.2, -0.15) is 0 Å². The summed E-state index contributed by atoms with van der Waals surface area (Å²) in [5.41, 5.74) is 7.50. The van der Waals surface area contributed by atoms with Crippen molar-refractivity contribution in [2.75, 3.05) is 5.32 Å². The van der Waals surface area contributed by atoms with Gasteiger partial charge >= 0.3 is 0 Å². The first-order valence-corrected chi connectivity index (χ1v) is 5.29. The number of primary amides is 1. The lowest BCUT2D eigenvalue weighted by Crippen LogP contribution is -2.11. The number of pyridine rings is 1. The molecule has 0 saturated carbocycles. The molecule has 0 radical (unpaired) electrons. The highest BCUT2D eigenvalue weighted by Gasteiger charge is 2.01. The molecule has 0 spiro atoms. The molecule has 4 heteroatoms. The Labute approximate surface area is 99.5 Å². The van der Waals surface area contributed by atoms with Gasteiger partial charge in [-0.3, -0.25) is 9.78 Å². The molecule has 0 aliphatic rings. The Bertz CT molecular complexity index is 511. The molecular formula is C13H13N3O. The Morgan fingerprint density at radius 3 is 2.82 bits per heavy atom. The molecule has 0 saturated heterocycles. The number of aromatic nitrogens is 1. The van der Waals surface area contributed by atoms with E-state index in [1.54, 1.807) is 24.4 Å². The van der Waals surface area contributed by atoms with Gasteiger partial charge in [0.25, 0.3) is 0 Å². The fourth-order valence-corrected chi connectivity index (χ4v) is 1.48. The predicted molar refractivity (Wildman–Crippen MR) is 66.5 cm³/mol. The third-order valence-corrected chi connectivity index (χ3v) is 2.35. The van der Waals surface area contributed by atoms with Crippen LogP contribution in [0.1, 0.15) is 16.1 Å². The van der Waals surface area contributed by atoms with E-state index < -0.39 is 5.91 Å². The molecule has 4 nitrogen and oxygen atoms in total. The summed E-state index contributed by atoms with van der Waals surface area (Å²) in [7, 11) is 0. The number of rotatable bonds is 4. The van der Waals surface area contributed by atoms with Gasteiger partial charge in [-0.15, -0.1) is 0 Å². The minimum atomic E-state index is -0.425. The highest BCUT2D eigenvalue weighted by Crippen LogP contribution is 2.11. The van der Waals surface area contributed by atoms with Gasteiger partial charge in [0.2, 0.25) is 5.91 Å². The fourth-order valence-electron chi connectivity index (χ4n) is 1.48. The maximum absolute atomic E-state index is 11.0. The van der Waals surface area contributed by atoms with Crippen LogP contribution in [-0.4, -0.2) is 10.9 Å². The Kier molecular flexibility index (Phi) is 3.35. The van der Waals surface area contributed by atoms with Crippen molar-refractivity contribution < 1.29 is 4.79 Å². The summed E-state index contributed by atoms with van der Waals surface area (Å²) in [4.78, 5) is 15.2. The number of hydrogen-bond acceptors (Lipinski definition) is 3. The zero-order valence-electron chi connectivity index (χ0n) is 9.26. The van der Waals surface area contributed by atoms with Crippen LogP contribution in [-0.2, 0) is 6.54 Å². The molecule has 1 aromatic heterocycles. The van der Waals surface area contributed by atoms with Gasteiger partial charge in [0.15, 0.2) is 0 Å². The average molecular weight is 227 g/mol. The Balaban J connectivity index is 2.04. The molecule has 2 rings (SSSR count). The minimum Gasteiger partial charge on any atom is -0.379 e. The molecule has 0 unspecified atom stereocenters. The van der Waals surface area contributed by atoms with Crippen molar-refractivity contribution in [2.45, 2.75) is 6.54 Å². The van der Waals surface area contributed by atoms with Crippen molar-refractivity contribution in [3.63, 3.8) is 0 Å². The average Bonchev–Trinajstić information content (AvgIpc) is 2.38. The number of hydrogen-bond donors (Lipinski definition) is 2. The Hall–Kier alpha value is -2.36. The first-order valence-electron chi connectivity index (χ1n) is 5.29. The topological polar surface area (TPSA) is 68.0 Å². The molecule has 1 aromatic carbocycles. The standard InChI is InChI=1S/C13H13N3O/c14-13(17)10-4-3-6-11(8-10)16-9-12-5-1-2-7-15-12/h1-8,16H,9H2,(H2,14,17). The number of amides is 1. The lowest BCUT2D eigenvalue weighted by atomic mass is 10.2. The number of carbonyl (C=O) groups is 1. The summed E-state index contributed by atoms with van der Waals surface area (Å²) >= 11 is 0. The number of anilines is 1. The van der Waals surface area contributed by atoms with Crippen molar-refractivity contribution in [2.24, 2.45) is 5.73 Å². The predicted octanol–water partition coefficient (Wildman–Crippen LogP) is 1.79. The summed E-state index contributed by atoms with van der Waals surface area (Å²) in [6, 6.07) is 12.8. The largest absolute Gasteiger partial charge is 0.379 e. The quantitative estimate of drug-likeness (QED) is 0.836. The molecule has 17 heavy (non-hydrogen) atoms. The van der Waals surface area contributed by atoms with Gasteiger partial charge in [0.1, 0.15) is 0 Å². The highest BCUT2D eigenvalue weighted by molar-refractivity contribution is 5.93. The van der Waals surface area contributed by atoms with Crippen molar-refractivity contribution in [1.82, 2.24) is 4.98 Å². The summed E-state index contributed by atoms with van der Waals surface area (Å²) < 4.78 is 0. The van der Waals surface area contributed by atoms with E-state index in [0.29, 0.717) is 12.1 Å². The van der Waals surface area contributed by atoms with Gasteiger partial charge in [0.05, 0.1) is 12.2 Å². The van der Waals surface area contributed by atoms with Gasteiger partial charge in [-0.1, -0.05) is 12.1 Å². The molecule has 86 valence electrons. The second kappa shape index (κ2) is 5.12. The zero-order valence-corrected chi connectivity index (χ0v) is 9.26. The Morgan fingerprint density at radius 1 is 1.24 bits per heavy atom. The van der Waals surface area contributed by atoms with Crippen molar-refractivity contribution >= 4 is 11.6 Å². The maximum Gasteiger partial charge on any atom is 0.248 e. The normalized spacial score (nSPS) is 9.88. The maximum atomic E-state index is 11.0. The second-order valence-electron chi connectivity index (χ2n) is 3.62. The molecule has 1 amide bonds. The third-order valence-electron chi connectivity index (χ3n) is 2.35. The van der Waals surface area contributed by atoms with Crippen LogP contribution in [0.25, 0.3) is 0 Å². The summed E-state index contributed by atoms with van der Waals surface area (Å²) in [5.74, 6) is -0.425. The van der Waals surface area contributed by atoms with E-state index in [1.165, 1.54) is 0 Å². The molecule has 0 aliphatic heterocycles. The van der Waals surface area contributed by atoms with E-state index in [4.69, 9.17) is 5.73 Å². The molecule has 0 bridgehead atoms. The van der Waals surface area contributed by atoms with E-state index in [2.05, 4.69) is 10.3 Å². The van der Waals surface area contributed by atoms with Gasteiger partial charge < -0.3 is 11.1 Å². The highest BCUT2D eigenvalue weighted by atomic mass is 16.1. The van der Waals surface area contributed by atoms with Crippen LogP contribution in [0.2, 0.25) is 0 Å². The van der Waals surface area contributed by atoms with Gasteiger partial charge in [-0.25, -0.2) is 0 Å². The van der Waals surface area contributed by atoms with E-state index in [1.807, 2.05) is 24.3 Å². The van der Waals surface area contributed by atoms with Crippen LogP contribution in [0, 0.1) is 0 Å². The van der Waals surface area contributed by atoms with E-state index in [0.717, 1.165) is 11.4 Å². The molecular weight excluding hydrogens is 214 g/mol. The van der Waals surface area contributed by atoms with Crippen molar-refractivity contribution in [3.8, 4) is 0 Å². The molecule has 2 aromatic rings. The molecule has 1 heterocycles. The first-order chi connectivity index (χ1) is 8.25. The van der Waals surface area contributed by atoms with Gasteiger partial charge in [-0.05, 0) is 30.3 Å². The monoisotopic (exact) mass is 227 g/mol. The van der Waals surface area contributed by atoms with Crippen LogP contribution in [0.15, 0.2) is 48.7 Å². The van der Waals surface area contributed by atoms with E-state index in [-0.39, 0.29) is 0 Å². The minimum absolute atomic E-state index is 0.425. The summed E-state index contributed by atoms with van der Waals surface area (Å²) in [6.45, 7) is 0.614. The lowest BCUT2D eigenvalue weighted by molar-refractivity contribution is 0.100. The van der Waals surface area contributed by atoms with Crippen LogP contribution < -0.4 is 11.1 Å². The molecule has 0 aliphatic carbocycles. The van der Waals surface area contributed by atoms with Crippen LogP contribution >= 0.6 is 0 Å². The first kappa shape index (κ1) is 11.1. The summed E-state index contributed by atoms with van der Waals surface area (Å²) in [6.07, 6.45) is 1.75. The molecule has 3 N–H and O–H groups in total. The Morgan fingerprint density at radius 2 is 2.12 bits per heavy atom. The van der Waals surface area contributed by atoms with Crippen LogP contribution in [0.5, 0.6) is 0 Å². The number of nitrogens with one attached hydrogen (secondary N) is 1. The van der Waals surface area contributed by atoms with Crippen molar-refractivity contribution in [3.05, 3.63) is 59.9 Å². The smallest absolute Gasteiger partial charge is 0.248 e. The van der Waals surface area contributed by atoms with Crippen LogP contribution in [0.4, 0.5) is 5.69 Å². The van der Waals surface area contributed by atoms with E-state index >= 15 is 0 Å². The van der Waals surface area contributed by atoms with Crippen molar-refractivity contribution in [1.29, 1.82) is 0 Å². The van der Waals surface area contributed by atoms with Crippen LogP contribution in [0.3, 0.4) is 0 Å². The number of nitrogens with zero attached hydrogens (tertiary/aromatic N) is 1. The van der Waals surface area contributed by atoms with E-state index in [9.17, 15) is 4.79 Å². The third kappa shape index (κ3) is 3.04.